The first-order valence-electron chi connectivity index (χ1n) is 6.03. The maximum atomic E-state index is 12.0. The van der Waals surface area contributed by atoms with Crippen molar-refractivity contribution in [1.29, 1.82) is 0 Å². The molecule has 0 amide bonds. The van der Waals surface area contributed by atoms with Gasteiger partial charge in [0.1, 0.15) is 22.2 Å². The van der Waals surface area contributed by atoms with Crippen LogP contribution >= 0.6 is 0 Å². The molecule has 7 nitrogen and oxygen atoms in total. The van der Waals surface area contributed by atoms with E-state index in [-0.39, 0.29) is 10.6 Å². The Bertz CT molecular complexity index is 781. The molecule has 21 heavy (non-hydrogen) atoms. The summed E-state index contributed by atoms with van der Waals surface area (Å²) in [7, 11) is 1.08. The van der Waals surface area contributed by atoms with E-state index >= 15 is 0 Å². The second kappa shape index (κ2) is 5.28. The highest BCUT2D eigenvalue weighted by atomic mass is 32.2. The van der Waals surface area contributed by atoms with Crippen molar-refractivity contribution in [2.45, 2.75) is 4.90 Å². The smallest absolute Gasteiger partial charge is 0.179 e. The van der Waals surface area contributed by atoms with E-state index in [4.69, 9.17) is 15.2 Å². The molecule has 1 aromatic carbocycles. The van der Waals surface area contributed by atoms with Crippen LogP contribution in [0, 0.1) is 0 Å². The number of anilines is 1. The van der Waals surface area contributed by atoms with Crippen LogP contribution in [0.1, 0.15) is 0 Å². The van der Waals surface area contributed by atoms with Crippen LogP contribution in [0.3, 0.4) is 0 Å². The minimum Gasteiger partial charge on any atom is -0.497 e. The second-order valence-corrected chi connectivity index (χ2v) is 6.53. The van der Waals surface area contributed by atoms with Crippen LogP contribution in [0.2, 0.25) is 0 Å². The van der Waals surface area contributed by atoms with Crippen LogP contribution in [0.15, 0.2) is 23.2 Å². The molecule has 114 valence electrons. The highest BCUT2D eigenvalue weighted by Crippen LogP contribution is 2.41. The van der Waals surface area contributed by atoms with Gasteiger partial charge in [-0.05, 0) is 6.07 Å². The molecule has 0 bridgehead atoms. The summed E-state index contributed by atoms with van der Waals surface area (Å²) in [5.74, 6) is 1.02. The molecular formula is C13H17N3O4S. The summed E-state index contributed by atoms with van der Waals surface area (Å²) in [4.78, 5) is 0.0441. The molecular weight excluding hydrogens is 294 g/mol. The standard InChI is InChI=1S/C13H17N3O4S/c1-16-13(14)10(7-15-16)9-5-8(19-2)6-11(12(9)20-3)21(4,17)18/h5-7H,14H2,1-4H3. The van der Waals surface area contributed by atoms with Gasteiger partial charge in [-0.1, -0.05) is 0 Å². The highest BCUT2D eigenvalue weighted by Gasteiger charge is 2.23. The maximum Gasteiger partial charge on any atom is 0.179 e. The molecule has 8 heteroatoms. The topological polar surface area (TPSA) is 96.4 Å². The lowest BCUT2D eigenvalue weighted by Crippen LogP contribution is -2.04. The first-order valence-corrected chi connectivity index (χ1v) is 7.92. The average molecular weight is 311 g/mol. The Kier molecular flexibility index (Phi) is 3.82. The van der Waals surface area contributed by atoms with Gasteiger partial charge in [0.2, 0.25) is 0 Å². The van der Waals surface area contributed by atoms with Crippen molar-refractivity contribution in [3.63, 3.8) is 0 Å². The van der Waals surface area contributed by atoms with E-state index in [9.17, 15) is 8.42 Å². The maximum absolute atomic E-state index is 12.0. The summed E-state index contributed by atoms with van der Waals surface area (Å²) in [5.41, 5.74) is 7.06. The number of ether oxygens (including phenoxy) is 2. The van der Waals surface area contributed by atoms with Gasteiger partial charge in [-0.2, -0.15) is 5.10 Å². The fourth-order valence-corrected chi connectivity index (χ4v) is 2.90. The third kappa shape index (κ3) is 2.66. The Hall–Kier alpha value is -2.22. The molecule has 1 heterocycles. The number of aromatic nitrogens is 2. The zero-order valence-electron chi connectivity index (χ0n) is 12.2. The Morgan fingerprint density at radius 3 is 2.29 bits per heavy atom. The SMILES string of the molecule is COc1cc(-c2cnn(C)c2N)c(OC)c(S(C)(=O)=O)c1. The lowest BCUT2D eigenvalue weighted by molar-refractivity contribution is 0.394. The molecule has 2 aromatic rings. The number of nitrogens with two attached hydrogens (primary N) is 1. The lowest BCUT2D eigenvalue weighted by Gasteiger charge is -2.14. The number of hydrogen-bond donors (Lipinski definition) is 1. The normalized spacial score (nSPS) is 11.4. The van der Waals surface area contributed by atoms with Gasteiger partial charge in [0.05, 0.1) is 20.4 Å². The van der Waals surface area contributed by atoms with Gasteiger partial charge < -0.3 is 15.2 Å². The Morgan fingerprint density at radius 2 is 1.86 bits per heavy atom. The van der Waals surface area contributed by atoms with Crippen molar-refractivity contribution in [2.24, 2.45) is 7.05 Å². The highest BCUT2D eigenvalue weighted by molar-refractivity contribution is 7.90. The van der Waals surface area contributed by atoms with Crippen molar-refractivity contribution < 1.29 is 17.9 Å². The number of methoxy groups -OCH3 is 2. The van der Waals surface area contributed by atoms with Crippen LogP contribution in [-0.2, 0) is 16.9 Å². The summed E-state index contributed by atoms with van der Waals surface area (Å²) >= 11 is 0. The number of rotatable bonds is 4. The Morgan fingerprint density at radius 1 is 1.19 bits per heavy atom. The molecule has 0 saturated heterocycles. The van der Waals surface area contributed by atoms with Crippen molar-refractivity contribution >= 4 is 15.7 Å². The Labute approximate surface area is 123 Å². The average Bonchev–Trinajstić information content (AvgIpc) is 2.76. The third-order valence-electron chi connectivity index (χ3n) is 3.14. The molecule has 0 atom stereocenters. The van der Waals surface area contributed by atoms with Crippen molar-refractivity contribution in [3.05, 3.63) is 18.3 Å². The van der Waals surface area contributed by atoms with Gasteiger partial charge in [0, 0.05) is 30.5 Å². The van der Waals surface area contributed by atoms with Crippen molar-refractivity contribution in [1.82, 2.24) is 9.78 Å². The molecule has 0 fully saturated rings. The Balaban J connectivity index is 2.85. The molecule has 2 N–H and O–H groups in total. The summed E-state index contributed by atoms with van der Waals surface area (Å²) < 4.78 is 35.9. The third-order valence-corrected chi connectivity index (χ3v) is 4.24. The van der Waals surface area contributed by atoms with E-state index < -0.39 is 9.84 Å². The van der Waals surface area contributed by atoms with Crippen LogP contribution in [0.5, 0.6) is 11.5 Å². The van der Waals surface area contributed by atoms with Gasteiger partial charge >= 0.3 is 0 Å². The molecule has 0 radical (unpaired) electrons. The molecule has 0 aliphatic rings. The zero-order chi connectivity index (χ0) is 15.8. The molecule has 0 unspecified atom stereocenters. The number of aryl methyl sites for hydroxylation is 1. The lowest BCUT2D eigenvalue weighted by atomic mass is 10.1. The number of hydrogen-bond acceptors (Lipinski definition) is 6. The minimum atomic E-state index is -3.49. The van der Waals surface area contributed by atoms with E-state index in [1.54, 1.807) is 19.3 Å². The number of nitrogen functional groups attached to an aromatic ring is 1. The van der Waals surface area contributed by atoms with Gasteiger partial charge in [0.15, 0.2) is 9.84 Å². The largest absolute Gasteiger partial charge is 0.497 e. The molecule has 0 aliphatic carbocycles. The second-order valence-electron chi connectivity index (χ2n) is 4.55. The van der Waals surface area contributed by atoms with Gasteiger partial charge in [-0.15, -0.1) is 0 Å². The van der Waals surface area contributed by atoms with Crippen LogP contribution in [-0.4, -0.2) is 38.7 Å². The monoisotopic (exact) mass is 311 g/mol. The summed E-state index contributed by atoms with van der Waals surface area (Å²) in [5, 5.41) is 4.06. The quantitative estimate of drug-likeness (QED) is 0.908. The van der Waals surface area contributed by atoms with Crippen LogP contribution in [0.25, 0.3) is 11.1 Å². The molecule has 2 rings (SSSR count). The molecule has 0 spiro atoms. The van der Waals surface area contributed by atoms with Gasteiger partial charge in [-0.3, -0.25) is 4.68 Å². The van der Waals surface area contributed by atoms with Crippen molar-refractivity contribution in [3.8, 4) is 22.6 Å². The number of sulfone groups is 1. The minimum absolute atomic E-state index is 0.0441. The fraction of sp³-hybridized carbons (Fsp3) is 0.308. The number of nitrogens with zero attached hydrogens (tertiary/aromatic N) is 2. The predicted octanol–water partition coefficient (Wildman–Crippen LogP) is 1.09. The molecule has 0 saturated carbocycles. The predicted molar refractivity (Wildman–Crippen MR) is 79.3 cm³/mol. The first-order chi connectivity index (χ1) is 9.79. The van der Waals surface area contributed by atoms with E-state index in [0.29, 0.717) is 22.7 Å². The summed E-state index contributed by atoms with van der Waals surface area (Å²) in [6.45, 7) is 0. The fourth-order valence-electron chi connectivity index (χ4n) is 2.04. The number of benzene rings is 1. The van der Waals surface area contributed by atoms with Gasteiger partial charge in [0.25, 0.3) is 0 Å². The van der Waals surface area contributed by atoms with E-state index in [2.05, 4.69) is 5.10 Å². The van der Waals surface area contributed by atoms with E-state index in [1.807, 2.05) is 0 Å². The summed E-state index contributed by atoms with van der Waals surface area (Å²) in [6.07, 6.45) is 2.67. The van der Waals surface area contributed by atoms with Crippen molar-refractivity contribution in [2.75, 3.05) is 26.2 Å². The summed E-state index contributed by atoms with van der Waals surface area (Å²) in [6, 6.07) is 3.09. The van der Waals surface area contributed by atoms with Crippen LogP contribution < -0.4 is 15.2 Å². The van der Waals surface area contributed by atoms with E-state index in [1.165, 1.54) is 25.0 Å². The zero-order valence-corrected chi connectivity index (χ0v) is 13.1. The van der Waals surface area contributed by atoms with E-state index in [0.717, 1.165) is 6.26 Å². The van der Waals surface area contributed by atoms with Gasteiger partial charge in [-0.25, -0.2) is 8.42 Å². The molecule has 0 aliphatic heterocycles. The first kappa shape index (κ1) is 15.2. The molecule has 1 aromatic heterocycles. The van der Waals surface area contributed by atoms with Crippen LogP contribution in [0.4, 0.5) is 5.82 Å².